The highest BCUT2D eigenvalue weighted by atomic mass is 16.7. The van der Waals surface area contributed by atoms with E-state index in [2.05, 4.69) is 0 Å². The first-order chi connectivity index (χ1) is 8.74. The highest BCUT2D eigenvalue weighted by Gasteiger charge is 2.18. The molecule has 5 heteroatoms. The van der Waals surface area contributed by atoms with Gasteiger partial charge in [-0.15, -0.1) is 0 Å². The zero-order valence-corrected chi connectivity index (χ0v) is 10.4. The number of esters is 1. The van der Waals surface area contributed by atoms with Gasteiger partial charge in [-0.05, 0) is 18.6 Å². The number of carbonyl (C=O) groups excluding carboxylic acids is 1. The molecule has 0 bridgehead atoms. The van der Waals surface area contributed by atoms with Crippen LogP contribution in [0.1, 0.15) is 22.8 Å². The molecule has 0 radical (unpaired) electrons. The molecule has 1 rings (SSSR count). The van der Waals surface area contributed by atoms with Gasteiger partial charge in [0.25, 0.3) is 0 Å². The maximum Gasteiger partial charge on any atom is 0.342 e. The Kier molecular flexibility index (Phi) is 5.68. The summed E-state index contributed by atoms with van der Waals surface area (Å²) in [7, 11) is 1.49. The smallest absolute Gasteiger partial charge is 0.342 e. The highest BCUT2D eigenvalue weighted by molar-refractivity contribution is 5.94. The molecule has 0 saturated carbocycles. The molecule has 96 valence electrons. The SMILES string of the molecule is CCOC(=O)c1c(CC#N)cccc1OCOC. The molecule has 0 aliphatic rings. The number of hydrogen-bond acceptors (Lipinski definition) is 5. The first-order valence-corrected chi connectivity index (χ1v) is 5.52. The van der Waals surface area contributed by atoms with Gasteiger partial charge in [-0.2, -0.15) is 5.26 Å². The Morgan fingerprint density at radius 2 is 2.22 bits per heavy atom. The summed E-state index contributed by atoms with van der Waals surface area (Å²) < 4.78 is 15.1. The van der Waals surface area contributed by atoms with Crippen LogP contribution in [0.4, 0.5) is 0 Å². The van der Waals surface area contributed by atoms with Crippen LogP contribution in [0.25, 0.3) is 0 Å². The molecule has 1 aromatic rings. The van der Waals surface area contributed by atoms with E-state index in [4.69, 9.17) is 19.5 Å². The molecule has 0 aliphatic heterocycles. The van der Waals surface area contributed by atoms with Crippen LogP contribution >= 0.6 is 0 Å². The summed E-state index contributed by atoms with van der Waals surface area (Å²) in [6.07, 6.45) is 0.123. The predicted molar refractivity (Wildman–Crippen MR) is 64.2 cm³/mol. The lowest BCUT2D eigenvalue weighted by Crippen LogP contribution is -2.12. The second-order valence-electron chi connectivity index (χ2n) is 3.40. The van der Waals surface area contributed by atoms with E-state index in [0.29, 0.717) is 11.3 Å². The summed E-state index contributed by atoms with van der Waals surface area (Å²) in [6.45, 7) is 2.02. The third-order valence-electron chi connectivity index (χ3n) is 2.19. The fourth-order valence-corrected chi connectivity index (χ4v) is 1.49. The molecule has 0 heterocycles. The van der Waals surface area contributed by atoms with Gasteiger partial charge >= 0.3 is 5.97 Å². The van der Waals surface area contributed by atoms with Gasteiger partial charge in [0.2, 0.25) is 0 Å². The monoisotopic (exact) mass is 249 g/mol. The lowest BCUT2D eigenvalue weighted by Gasteiger charge is -2.12. The van der Waals surface area contributed by atoms with Crippen molar-refractivity contribution in [3.05, 3.63) is 29.3 Å². The predicted octanol–water partition coefficient (Wildman–Crippen LogP) is 1.91. The lowest BCUT2D eigenvalue weighted by atomic mass is 10.0. The van der Waals surface area contributed by atoms with Crippen LogP contribution in [-0.4, -0.2) is 26.5 Å². The molecular formula is C13H15NO4. The van der Waals surface area contributed by atoms with Gasteiger partial charge in [0.05, 0.1) is 19.1 Å². The Labute approximate surface area is 106 Å². The summed E-state index contributed by atoms with van der Waals surface area (Å²) >= 11 is 0. The second-order valence-corrected chi connectivity index (χ2v) is 3.40. The Morgan fingerprint density at radius 3 is 2.83 bits per heavy atom. The Bertz CT molecular complexity index is 451. The van der Waals surface area contributed by atoms with Gasteiger partial charge in [-0.3, -0.25) is 0 Å². The summed E-state index contributed by atoms with van der Waals surface area (Å²) in [5.41, 5.74) is 0.877. The van der Waals surface area contributed by atoms with Gasteiger partial charge in [0, 0.05) is 7.11 Å². The van der Waals surface area contributed by atoms with E-state index in [-0.39, 0.29) is 25.4 Å². The summed E-state index contributed by atoms with van der Waals surface area (Å²) in [5, 5.41) is 8.76. The van der Waals surface area contributed by atoms with Gasteiger partial charge in [0.15, 0.2) is 6.79 Å². The van der Waals surface area contributed by atoms with E-state index in [1.165, 1.54) is 7.11 Å². The van der Waals surface area contributed by atoms with E-state index < -0.39 is 5.97 Å². The maximum absolute atomic E-state index is 11.9. The largest absolute Gasteiger partial charge is 0.467 e. The van der Waals surface area contributed by atoms with Crippen LogP contribution in [0.3, 0.4) is 0 Å². The van der Waals surface area contributed by atoms with Crippen LogP contribution in [0.2, 0.25) is 0 Å². The molecule has 0 saturated heterocycles. The van der Waals surface area contributed by atoms with Gasteiger partial charge in [0.1, 0.15) is 11.3 Å². The normalized spacial score (nSPS) is 9.61. The van der Waals surface area contributed by atoms with Gasteiger partial charge in [-0.25, -0.2) is 4.79 Å². The zero-order chi connectivity index (χ0) is 13.4. The molecule has 0 N–H and O–H groups in total. The summed E-state index contributed by atoms with van der Waals surface area (Å²) in [5.74, 6) is -0.127. The Hall–Kier alpha value is -2.06. The molecule has 0 unspecified atom stereocenters. The molecule has 5 nitrogen and oxygen atoms in total. The number of benzene rings is 1. The third-order valence-corrected chi connectivity index (χ3v) is 2.19. The maximum atomic E-state index is 11.9. The highest BCUT2D eigenvalue weighted by Crippen LogP contribution is 2.24. The van der Waals surface area contributed by atoms with Gasteiger partial charge in [-0.1, -0.05) is 12.1 Å². The van der Waals surface area contributed by atoms with Crippen molar-refractivity contribution < 1.29 is 19.0 Å². The van der Waals surface area contributed by atoms with Gasteiger partial charge < -0.3 is 14.2 Å². The summed E-state index contributed by atoms with van der Waals surface area (Å²) in [4.78, 5) is 11.9. The quantitative estimate of drug-likeness (QED) is 0.569. The molecule has 0 aliphatic carbocycles. The van der Waals surface area contributed by atoms with Crippen molar-refractivity contribution >= 4 is 5.97 Å². The summed E-state index contributed by atoms with van der Waals surface area (Å²) in [6, 6.07) is 7.08. The number of nitrogens with zero attached hydrogens (tertiary/aromatic N) is 1. The number of hydrogen-bond donors (Lipinski definition) is 0. The van der Waals surface area contributed by atoms with Crippen LogP contribution in [0.5, 0.6) is 5.75 Å². The van der Waals surface area contributed by atoms with Crippen molar-refractivity contribution in [2.45, 2.75) is 13.3 Å². The van der Waals surface area contributed by atoms with E-state index in [9.17, 15) is 4.79 Å². The van der Waals surface area contributed by atoms with E-state index in [1.54, 1.807) is 25.1 Å². The zero-order valence-electron chi connectivity index (χ0n) is 10.4. The van der Waals surface area contributed by atoms with E-state index >= 15 is 0 Å². The van der Waals surface area contributed by atoms with E-state index in [0.717, 1.165) is 0 Å². The standard InChI is InChI=1S/C13H15NO4/c1-3-17-13(15)12-10(7-8-14)5-4-6-11(12)18-9-16-2/h4-6H,3,7,9H2,1-2H3. The number of carbonyl (C=O) groups is 1. The third kappa shape index (κ3) is 3.47. The fraction of sp³-hybridized carbons (Fsp3) is 0.385. The molecule has 0 amide bonds. The molecule has 0 spiro atoms. The van der Waals surface area contributed by atoms with Crippen molar-refractivity contribution in [3.63, 3.8) is 0 Å². The Morgan fingerprint density at radius 1 is 1.44 bits per heavy atom. The molecule has 0 aromatic heterocycles. The van der Waals surface area contributed by atoms with Crippen molar-refractivity contribution in [1.82, 2.24) is 0 Å². The van der Waals surface area contributed by atoms with Crippen molar-refractivity contribution in [3.8, 4) is 11.8 Å². The minimum Gasteiger partial charge on any atom is -0.467 e. The van der Waals surface area contributed by atoms with Crippen LogP contribution in [0, 0.1) is 11.3 Å². The van der Waals surface area contributed by atoms with Crippen molar-refractivity contribution in [2.75, 3.05) is 20.5 Å². The second kappa shape index (κ2) is 7.30. The molecule has 0 atom stereocenters. The molecule has 0 fully saturated rings. The number of ether oxygens (including phenoxy) is 3. The molecule has 1 aromatic carbocycles. The topological polar surface area (TPSA) is 68.6 Å². The first kappa shape index (κ1) is 14.0. The molecule has 18 heavy (non-hydrogen) atoms. The number of methoxy groups -OCH3 is 1. The average molecular weight is 249 g/mol. The van der Waals surface area contributed by atoms with Crippen molar-refractivity contribution in [1.29, 1.82) is 5.26 Å². The van der Waals surface area contributed by atoms with E-state index in [1.807, 2.05) is 6.07 Å². The number of nitriles is 1. The number of rotatable bonds is 6. The minimum atomic E-state index is -0.491. The van der Waals surface area contributed by atoms with Crippen LogP contribution in [0.15, 0.2) is 18.2 Å². The Balaban J connectivity index is 3.12. The lowest BCUT2D eigenvalue weighted by molar-refractivity contribution is 0.0437. The molecular weight excluding hydrogens is 234 g/mol. The average Bonchev–Trinajstić information content (AvgIpc) is 2.37. The van der Waals surface area contributed by atoms with Crippen molar-refractivity contribution in [2.24, 2.45) is 0 Å². The minimum absolute atomic E-state index is 0.0302. The fourth-order valence-electron chi connectivity index (χ4n) is 1.49. The van der Waals surface area contributed by atoms with Crippen LogP contribution in [-0.2, 0) is 15.9 Å². The van der Waals surface area contributed by atoms with Crippen LogP contribution < -0.4 is 4.74 Å². The first-order valence-electron chi connectivity index (χ1n) is 5.52.